The predicted molar refractivity (Wildman–Crippen MR) is 56.3 cm³/mol. The Hall–Kier alpha value is -1.17. The van der Waals surface area contributed by atoms with Gasteiger partial charge in [-0.3, -0.25) is 0 Å². The Morgan fingerprint density at radius 1 is 1.24 bits per heavy atom. The Morgan fingerprint density at radius 3 is 2.65 bits per heavy atom. The number of aryl methyl sites for hydroxylation is 2. The van der Waals surface area contributed by atoms with Gasteiger partial charge in [0.15, 0.2) is 0 Å². The van der Waals surface area contributed by atoms with Crippen LogP contribution >= 0.6 is 0 Å². The van der Waals surface area contributed by atoms with Crippen LogP contribution in [0.4, 0.5) is 13.2 Å². The van der Waals surface area contributed by atoms with Crippen molar-refractivity contribution in [1.82, 2.24) is 15.3 Å². The van der Waals surface area contributed by atoms with Gasteiger partial charge in [0.25, 0.3) is 0 Å². The Kier molecular flexibility index (Phi) is 3.33. The van der Waals surface area contributed by atoms with Gasteiger partial charge in [-0.05, 0) is 6.42 Å². The lowest BCUT2D eigenvalue weighted by Crippen LogP contribution is -2.12. The van der Waals surface area contributed by atoms with Crippen molar-refractivity contribution in [2.75, 3.05) is 0 Å². The van der Waals surface area contributed by atoms with Crippen LogP contribution in [0.2, 0.25) is 0 Å². The van der Waals surface area contributed by atoms with Crippen LogP contribution in [0, 0.1) is 0 Å². The van der Waals surface area contributed by atoms with E-state index in [1.165, 1.54) is 0 Å². The summed E-state index contributed by atoms with van der Waals surface area (Å²) in [7, 11) is 0. The number of hydrogen-bond acceptors (Lipinski definition) is 3. The molecule has 2 heterocycles. The Morgan fingerprint density at radius 2 is 2.00 bits per heavy atom. The van der Waals surface area contributed by atoms with E-state index in [9.17, 15) is 13.2 Å². The molecule has 0 saturated heterocycles. The maximum absolute atomic E-state index is 12.1. The third-order valence-electron chi connectivity index (χ3n) is 2.79. The topological polar surface area (TPSA) is 37.8 Å². The predicted octanol–water partition coefficient (Wildman–Crippen LogP) is 2.14. The summed E-state index contributed by atoms with van der Waals surface area (Å²) in [6.07, 6.45) is -4.41. The molecule has 2 rings (SSSR count). The van der Waals surface area contributed by atoms with Crippen molar-refractivity contribution in [2.45, 2.75) is 45.5 Å². The number of hydrogen-bond donors (Lipinski definition) is 1. The first-order chi connectivity index (χ1) is 7.99. The van der Waals surface area contributed by atoms with E-state index >= 15 is 0 Å². The standard InChI is InChI=1S/C11H14F3N3/c1-2-8-7-5-15-6-9(7)17-10(16-8)3-4-11(12,13)14/h15H,2-6H2,1H3. The maximum Gasteiger partial charge on any atom is 0.389 e. The second-order valence-electron chi connectivity index (χ2n) is 4.08. The first kappa shape index (κ1) is 12.3. The molecule has 94 valence electrons. The molecule has 1 N–H and O–H groups in total. The number of halogens is 3. The van der Waals surface area contributed by atoms with Gasteiger partial charge in [-0.15, -0.1) is 0 Å². The average Bonchev–Trinajstić information content (AvgIpc) is 2.72. The van der Waals surface area contributed by atoms with Crippen molar-refractivity contribution < 1.29 is 13.2 Å². The smallest absolute Gasteiger partial charge is 0.307 e. The van der Waals surface area contributed by atoms with Crippen molar-refractivity contribution in [2.24, 2.45) is 0 Å². The largest absolute Gasteiger partial charge is 0.389 e. The van der Waals surface area contributed by atoms with Crippen LogP contribution in [0.1, 0.15) is 36.1 Å². The molecule has 1 aliphatic rings. The third-order valence-corrected chi connectivity index (χ3v) is 2.79. The molecule has 3 nitrogen and oxygen atoms in total. The number of aromatic nitrogens is 2. The molecule has 0 aromatic carbocycles. The average molecular weight is 245 g/mol. The number of rotatable bonds is 3. The van der Waals surface area contributed by atoms with E-state index in [1.54, 1.807) is 0 Å². The first-order valence-corrected chi connectivity index (χ1v) is 5.64. The second-order valence-corrected chi connectivity index (χ2v) is 4.08. The molecule has 0 fully saturated rings. The van der Waals surface area contributed by atoms with E-state index in [4.69, 9.17) is 0 Å². The van der Waals surface area contributed by atoms with Gasteiger partial charge in [-0.1, -0.05) is 6.92 Å². The molecule has 17 heavy (non-hydrogen) atoms. The second kappa shape index (κ2) is 4.60. The molecule has 0 bridgehead atoms. The summed E-state index contributed by atoms with van der Waals surface area (Å²) < 4.78 is 36.4. The lowest BCUT2D eigenvalue weighted by atomic mass is 10.1. The number of nitrogens with zero attached hydrogens (tertiary/aromatic N) is 2. The van der Waals surface area contributed by atoms with E-state index in [0.29, 0.717) is 12.4 Å². The summed E-state index contributed by atoms with van der Waals surface area (Å²) in [4.78, 5) is 8.41. The van der Waals surface area contributed by atoms with Crippen molar-refractivity contribution in [3.8, 4) is 0 Å². The van der Waals surface area contributed by atoms with Crippen molar-refractivity contribution in [3.05, 3.63) is 22.8 Å². The number of alkyl halides is 3. The molecular formula is C11H14F3N3. The molecule has 0 spiro atoms. The van der Waals surface area contributed by atoms with Crippen LogP contribution < -0.4 is 5.32 Å². The molecular weight excluding hydrogens is 231 g/mol. The molecule has 0 radical (unpaired) electrons. The summed E-state index contributed by atoms with van der Waals surface area (Å²) >= 11 is 0. The van der Waals surface area contributed by atoms with Crippen molar-refractivity contribution in [3.63, 3.8) is 0 Å². The van der Waals surface area contributed by atoms with E-state index in [-0.39, 0.29) is 6.42 Å². The maximum atomic E-state index is 12.1. The number of fused-ring (bicyclic) bond motifs is 1. The summed E-state index contributed by atoms with van der Waals surface area (Å²) in [5.74, 6) is 0.307. The lowest BCUT2D eigenvalue weighted by molar-refractivity contribution is -0.134. The summed E-state index contributed by atoms with van der Waals surface area (Å²) in [5, 5.41) is 3.14. The van der Waals surface area contributed by atoms with Crippen molar-refractivity contribution in [1.29, 1.82) is 0 Å². The highest BCUT2D eigenvalue weighted by Gasteiger charge is 2.27. The fourth-order valence-corrected chi connectivity index (χ4v) is 1.95. The minimum atomic E-state index is -4.15. The van der Waals surface area contributed by atoms with Gasteiger partial charge in [0.05, 0.1) is 12.1 Å². The quantitative estimate of drug-likeness (QED) is 0.886. The Labute approximate surface area is 97.5 Å². The Balaban J connectivity index is 2.19. The zero-order valence-corrected chi connectivity index (χ0v) is 9.56. The van der Waals surface area contributed by atoms with Gasteiger partial charge >= 0.3 is 6.18 Å². The highest BCUT2D eigenvalue weighted by atomic mass is 19.4. The summed E-state index contributed by atoms with van der Waals surface area (Å²) in [6, 6.07) is 0. The van der Waals surface area contributed by atoms with Gasteiger partial charge in [-0.25, -0.2) is 9.97 Å². The van der Waals surface area contributed by atoms with Gasteiger partial charge in [0.2, 0.25) is 0 Å². The minimum Gasteiger partial charge on any atom is -0.307 e. The van der Waals surface area contributed by atoms with Gasteiger partial charge in [0, 0.05) is 30.8 Å². The van der Waals surface area contributed by atoms with Crippen LogP contribution in [0.15, 0.2) is 0 Å². The van der Waals surface area contributed by atoms with E-state index in [2.05, 4.69) is 15.3 Å². The third kappa shape index (κ3) is 2.94. The fraction of sp³-hybridized carbons (Fsp3) is 0.636. The summed E-state index contributed by atoms with van der Waals surface area (Å²) in [5.41, 5.74) is 2.79. The summed E-state index contributed by atoms with van der Waals surface area (Å²) in [6.45, 7) is 3.30. The van der Waals surface area contributed by atoms with Crippen LogP contribution in [0.25, 0.3) is 0 Å². The fourth-order valence-electron chi connectivity index (χ4n) is 1.95. The molecule has 0 saturated carbocycles. The molecule has 1 aliphatic heterocycles. The first-order valence-electron chi connectivity index (χ1n) is 5.64. The molecule has 6 heteroatoms. The SMILES string of the molecule is CCc1nc(CCC(F)(F)F)nc2c1CNC2. The lowest BCUT2D eigenvalue weighted by Gasteiger charge is -2.09. The zero-order valence-electron chi connectivity index (χ0n) is 9.56. The molecule has 0 amide bonds. The van der Waals surface area contributed by atoms with Crippen molar-refractivity contribution >= 4 is 0 Å². The molecule has 1 aromatic rings. The van der Waals surface area contributed by atoms with E-state index < -0.39 is 12.6 Å². The van der Waals surface area contributed by atoms with Gasteiger partial charge in [0.1, 0.15) is 5.82 Å². The molecule has 0 aliphatic carbocycles. The molecule has 1 aromatic heterocycles. The van der Waals surface area contributed by atoms with E-state index in [0.717, 1.165) is 29.9 Å². The van der Waals surface area contributed by atoms with Gasteiger partial charge in [-0.2, -0.15) is 13.2 Å². The zero-order chi connectivity index (χ0) is 12.5. The molecule has 0 unspecified atom stereocenters. The van der Waals surface area contributed by atoms with E-state index in [1.807, 2.05) is 6.92 Å². The highest BCUT2D eigenvalue weighted by Crippen LogP contribution is 2.23. The van der Waals surface area contributed by atoms with Crippen LogP contribution in [0.5, 0.6) is 0 Å². The highest BCUT2D eigenvalue weighted by molar-refractivity contribution is 5.29. The monoisotopic (exact) mass is 245 g/mol. The van der Waals surface area contributed by atoms with Crippen LogP contribution in [-0.4, -0.2) is 16.1 Å². The number of nitrogens with one attached hydrogen (secondary N) is 1. The minimum absolute atomic E-state index is 0.135. The van der Waals surface area contributed by atoms with Crippen LogP contribution in [0.3, 0.4) is 0 Å². The normalized spacial score (nSPS) is 15.1. The Bertz CT molecular complexity index is 415. The molecule has 0 atom stereocenters. The van der Waals surface area contributed by atoms with Gasteiger partial charge < -0.3 is 5.32 Å². The van der Waals surface area contributed by atoms with Crippen LogP contribution in [-0.2, 0) is 25.9 Å².